The number of likely N-dealkylation sites (tertiary alicyclic amines) is 1. The highest BCUT2D eigenvalue weighted by Crippen LogP contribution is 2.21. The monoisotopic (exact) mass is 393 g/mol. The van der Waals surface area contributed by atoms with Crippen molar-refractivity contribution >= 4 is 11.6 Å². The zero-order chi connectivity index (χ0) is 20.1. The van der Waals surface area contributed by atoms with Gasteiger partial charge in [0.1, 0.15) is 5.69 Å². The lowest BCUT2D eigenvalue weighted by Crippen LogP contribution is -2.54. The molecule has 6 nitrogen and oxygen atoms in total. The van der Waals surface area contributed by atoms with E-state index in [4.69, 9.17) is 0 Å². The largest absolute Gasteiger partial charge is 0.369 e. The van der Waals surface area contributed by atoms with Crippen LogP contribution in [0.4, 0.5) is 5.69 Å². The van der Waals surface area contributed by atoms with Crippen LogP contribution in [0, 0.1) is 0 Å². The summed E-state index contributed by atoms with van der Waals surface area (Å²) in [4.78, 5) is 24.3. The van der Waals surface area contributed by atoms with Crippen LogP contribution in [0.15, 0.2) is 48.7 Å². The number of hydrogen-bond donors (Lipinski definition) is 1. The van der Waals surface area contributed by atoms with Crippen molar-refractivity contribution < 1.29 is 4.79 Å². The lowest BCUT2D eigenvalue weighted by molar-refractivity contribution is 0.0946. The highest BCUT2D eigenvalue weighted by molar-refractivity contribution is 5.93. The second kappa shape index (κ2) is 9.37. The third-order valence-electron chi connectivity index (χ3n) is 6.07. The molecule has 0 saturated carbocycles. The summed E-state index contributed by atoms with van der Waals surface area (Å²) in [5.41, 5.74) is 2.65. The number of pyridine rings is 1. The molecule has 154 valence electrons. The Kier molecular flexibility index (Phi) is 6.42. The van der Waals surface area contributed by atoms with Crippen LogP contribution < -0.4 is 10.2 Å². The van der Waals surface area contributed by atoms with Crippen LogP contribution in [-0.2, 0) is 6.54 Å². The fraction of sp³-hybridized carbons (Fsp3) is 0.478. The first-order valence-corrected chi connectivity index (χ1v) is 10.6. The van der Waals surface area contributed by atoms with Gasteiger partial charge in [-0.05, 0) is 44.1 Å². The third kappa shape index (κ3) is 5.14. The zero-order valence-corrected chi connectivity index (χ0v) is 17.3. The number of likely N-dealkylation sites (N-methyl/N-ethyl adjacent to an activating group) is 1. The fourth-order valence-electron chi connectivity index (χ4n) is 4.39. The van der Waals surface area contributed by atoms with Crippen LogP contribution in [0.5, 0.6) is 0 Å². The molecule has 29 heavy (non-hydrogen) atoms. The van der Waals surface area contributed by atoms with Gasteiger partial charge in [0, 0.05) is 57.2 Å². The number of amides is 1. The number of nitrogens with zero attached hydrogens (tertiary/aromatic N) is 4. The average molecular weight is 394 g/mol. The van der Waals surface area contributed by atoms with Gasteiger partial charge in [-0.1, -0.05) is 30.3 Å². The van der Waals surface area contributed by atoms with Crippen molar-refractivity contribution in [3.8, 4) is 0 Å². The molecule has 1 N–H and O–H groups in total. The molecule has 0 spiro atoms. The highest BCUT2D eigenvalue weighted by atomic mass is 16.1. The Balaban J connectivity index is 1.32. The molecule has 2 aliphatic heterocycles. The predicted octanol–water partition coefficient (Wildman–Crippen LogP) is 2.23. The number of nitrogens with one attached hydrogen (secondary N) is 1. The number of aromatic nitrogens is 1. The van der Waals surface area contributed by atoms with Crippen LogP contribution in [-0.4, -0.2) is 73.0 Å². The Morgan fingerprint density at radius 2 is 1.90 bits per heavy atom. The van der Waals surface area contributed by atoms with Gasteiger partial charge in [0.15, 0.2) is 0 Å². The average Bonchev–Trinajstić information content (AvgIpc) is 2.78. The molecule has 0 aliphatic carbocycles. The van der Waals surface area contributed by atoms with Crippen molar-refractivity contribution in [2.24, 2.45) is 0 Å². The van der Waals surface area contributed by atoms with Crippen LogP contribution in [0.25, 0.3) is 0 Å². The Hall–Kier alpha value is -2.44. The predicted molar refractivity (Wildman–Crippen MR) is 116 cm³/mol. The SMILES string of the molecule is CN1CCCC(N2CCN(c3ccnc(C(=O)NCc4ccccc4)c3)CC2)C1. The maximum Gasteiger partial charge on any atom is 0.270 e. The minimum Gasteiger partial charge on any atom is -0.369 e. The van der Waals surface area contributed by atoms with E-state index in [0.717, 1.165) is 37.4 Å². The molecule has 1 aromatic heterocycles. The van der Waals surface area contributed by atoms with E-state index in [9.17, 15) is 4.79 Å². The maximum absolute atomic E-state index is 12.5. The van der Waals surface area contributed by atoms with Gasteiger partial charge in [0.05, 0.1) is 0 Å². The summed E-state index contributed by atoms with van der Waals surface area (Å²) in [6.07, 6.45) is 4.35. The molecule has 0 radical (unpaired) electrons. The summed E-state index contributed by atoms with van der Waals surface area (Å²) in [6.45, 7) is 7.07. The molecule has 1 atom stereocenters. The number of rotatable bonds is 5. The van der Waals surface area contributed by atoms with Gasteiger partial charge in [-0.3, -0.25) is 14.7 Å². The standard InChI is InChI=1S/C23H31N5O/c1-26-11-5-8-21(18-26)28-14-12-27(13-15-28)20-9-10-24-22(16-20)23(29)25-17-19-6-3-2-4-7-19/h2-4,6-7,9-10,16,21H,5,8,11-15,17-18H2,1H3,(H,25,29). The summed E-state index contributed by atoms with van der Waals surface area (Å²) in [5, 5.41) is 2.97. The van der Waals surface area contributed by atoms with E-state index in [2.05, 4.69) is 32.0 Å². The quantitative estimate of drug-likeness (QED) is 0.844. The van der Waals surface area contributed by atoms with Gasteiger partial charge >= 0.3 is 0 Å². The summed E-state index contributed by atoms with van der Waals surface area (Å²) in [7, 11) is 2.23. The summed E-state index contributed by atoms with van der Waals surface area (Å²) >= 11 is 0. The highest BCUT2D eigenvalue weighted by Gasteiger charge is 2.27. The van der Waals surface area contributed by atoms with Gasteiger partial charge in [-0.25, -0.2) is 0 Å². The molecular formula is C23H31N5O. The van der Waals surface area contributed by atoms with Crippen molar-refractivity contribution in [3.63, 3.8) is 0 Å². The van der Waals surface area contributed by atoms with Crippen molar-refractivity contribution in [1.29, 1.82) is 0 Å². The molecular weight excluding hydrogens is 362 g/mol. The summed E-state index contributed by atoms with van der Waals surface area (Å²) in [6, 6.07) is 14.6. The van der Waals surface area contributed by atoms with Crippen LogP contribution in [0.2, 0.25) is 0 Å². The maximum atomic E-state index is 12.5. The lowest BCUT2D eigenvalue weighted by atomic mass is 10.0. The molecule has 1 amide bonds. The molecule has 4 rings (SSSR count). The van der Waals surface area contributed by atoms with Crippen molar-refractivity contribution in [3.05, 3.63) is 59.9 Å². The van der Waals surface area contributed by atoms with Crippen molar-refractivity contribution in [2.75, 3.05) is 51.2 Å². The second-order valence-electron chi connectivity index (χ2n) is 8.15. The molecule has 3 heterocycles. The topological polar surface area (TPSA) is 51.7 Å². The Labute approximate surface area is 173 Å². The molecule has 2 fully saturated rings. The molecule has 1 aromatic carbocycles. The Bertz CT molecular complexity index is 804. The second-order valence-corrected chi connectivity index (χ2v) is 8.15. The van der Waals surface area contributed by atoms with E-state index >= 15 is 0 Å². The van der Waals surface area contributed by atoms with E-state index in [-0.39, 0.29) is 5.91 Å². The molecule has 0 bridgehead atoms. The molecule has 2 saturated heterocycles. The van der Waals surface area contributed by atoms with Gasteiger partial charge < -0.3 is 15.1 Å². The number of carbonyl (C=O) groups excluding carboxylic acids is 1. The van der Waals surface area contributed by atoms with Gasteiger partial charge in [0.2, 0.25) is 0 Å². The zero-order valence-electron chi connectivity index (χ0n) is 17.3. The molecule has 2 aromatic rings. The number of benzene rings is 1. The van der Waals surface area contributed by atoms with E-state index in [1.807, 2.05) is 42.5 Å². The molecule has 2 aliphatic rings. The lowest BCUT2D eigenvalue weighted by Gasteiger charge is -2.43. The van der Waals surface area contributed by atoms with E-state index in [0.29, 0.717) is 18.3 Å². The summed E-state index contributed by atoms with van der Waals surface area (Å²) in [5.74, 6) is -0.125. The summed E-state index contributed by atoms with van der Waals surface area (Å²) < 4.78 is 0. The fourth-order valence-corrected chi connectivity index (χ4v) is 4.39. The van der Waals surface area contributed by atoms with Gasteiger partial charge in [-0.2, -0.15) is 0 Å². The Morgan fingerprint density at radius 1 is 1.10 bits per heavy atom. The number of hydrogen-bond acceptors (Lipinski definition) is 5. The van der Waals surface area contributed by atoms with Crippen LogP contribution in [0.3, 0.4) is 0 Å². The van der Waals surface area contributed by atoms with Crippen molar-refractivity contribution in [2.45, 2.75) is 25.4 Å². The minimum absolute atomic E-state index is 0.125. The van der Waals surface area contributed by atoms with E-state index in [1.165, 1.54) is 25.9 Å². The van der Waals surface area contributed by atoms with Gasteiger partial charge in [0.25, 0.3) is 5.91 Å². The first-order valence-electron chi connectivity index (χ1n) is 10.6. The smallest absolute Gasteiger partial charge is 0.270 e. The number of piperazine rings is 1. The first-order chi connectivity index (χ1) is 14.2. The third-order valence-corrected chi connectivity index (χ3v) is 6.07. The van der Waals surface area contributed by atoms with Crippen molar-refractivity contribution in [1.82, 2.24) is 20.1 Å². The van der Waals surface area contributed by atoms with E-state index < -0.39 is 0 Å². The van der Waals surface area contributed by atoms with Gasteiger partial charge in [-0.15, -0.1) is 0 Å². The van der Waals surface area contributed by atoms with E-state index in [1.54, 1.807) is 6.20 Å². The minimum atomic E-state index is -0.125. The number of carbonyl (C=O) groups is 1. The number of anilines is 1. The van der Waals surface area contributed by atoms with Crippen LogP contribution in [0.1, 0.15) is 28.9 Å². The molecule has 6 heteroatoms. The van der Waals surface area contributed by atoms with Crippen LogP contribution >= 0.6 is 0 Å². The number of piperidine rings is 1. The molecule has 1 unspecified atom stereocenters. The normalized spacial score (nSPS) is 21.1. The Morgan fingerprint density at radius 3 is 2.66 bits per heavy atom. The first kappa shape index (κ1) is 19.9.